The molecule has 254 valence electrons. The molecule has 6 aromatic rings. The molecular weight excluding hydrogens is 620 g/mol. The second-order valence-corrected chi connectivity index (χ2v) is 12.1. The highest BCUT2D eigenvalue weighted by Gasteiger charge is 2.14. The predicted octanol–water partition coefficient (Wildman–Crippen LogP) is 11.5. The Morgan fingerprint density at radius 3 is 0.840 bits per heavy atom. The molecule has 0 radical (unpaired) electrons. The molecule has 0 spiro atoms. The van der Waals surface area contributed by atoms with Crippen molar-refractivity contribution in [3.63, 3.8) is 0 Å². The summed E-state index contributed by atoms with van der Waals surface area (Å²) < 4.78 is 22.9. The van der Waals surface area contributed by atoms with Gasteiger partial charge in [-0.3, -0.25) is 0 Å². The van der Waals surface area contributed by atoms with Gasteiger partial charge in [-0.1, -0.05) is 35.4 Å². The molecule has 0 bridgehead atoms. The summed E-state index contributed by atoms with van der Waals surface area (Å²) in [4.78, 5) is 4.46. The normalized spacial score (nSPS) is 10.7. The van der Waals surface area contributed by atoms with Gasteiger partial charge in [0.25, 0.3) is 0 Å². The van der Waals surface area contributed by atoms with Gasteiger partial charge < -0.3 is 28.7 Å². The zero-order valence-electron chi connectivity index (χ0n) is 29.2. The number of methoxy groups -OCH3 is 2. The van der Waals surface area contributed by atoms with Crippen LogP contribution in [0, 0.1) is 13.8 Å². The Kier molecular flexibility index (Phi) is 11.2. The van der Waals surface area contributed by atoms with Gasteiger partial charge in [0.15, 0.2) is 0 Å². The first kappa shape index (κ1) is 34.0. The third-order valence-corrected chi connectivity index (χ3v) is 8.51. The number of rotatable bonds is 15. The summed E-state index contributed by atoms with van der Waals surface area (Å²) in [5.41, 5.74) is 8.84. The van der Waals surface area contributed by atoms with Crippen molar-refractivity contribution in [2.24, 2.45) is 0 Å². The van der Waals surface area contributed by atoms with E-state index in [1.807, 2.05) is 48.5 Å². The zero-order chi connectivity index (χ0) is 34.7. The molecule has 0 aromatic heterocycles. The minimum absolute atomic E-state index is 0.620. The SMILES string of the molecule is COc1ccc(N(c2ccc(C)cc2)c2ccc(OCCCCOc3ccc(N(c4ccc(C)cc4)c4ccc(OC)cc4)cc3)cc2)cc1. The van der Waals surface area contributed by atoms with Gasteiger partial charge in [-0.25, -0.2) is 0 Å². The minimum Gasteiger partial charge on any atom is -0.497 e. The highest BCUT2D eigenvalue weighted by atomic mass is 16.5. The maximum Gasteiger partial charge on any atom is 0.119 e. The Balaban J connectivity index is 1.01. The van der Waals surface area contributed by atoms with E-state index in [0.717, 1.165) is 70.0 Å². The average molecular weight is 665 g/mol. The van der Waals surface area contributed by atoms with Crippen LogP contribution in [0.15, 0.2) is 146 Å². The quantitative estimate of drug-likeness (QED) is 0.102. The van der Waals surface area contributed by atoms with Crippen molar-refractivity contribution in [3.05, 3.63) is 157 Å². The van der Waals surface area contributed by atoms with Crippen LogP contribution in [0.5, 0.6) is 23.0 Å². The molecule has 0 N–H and O–H groups in total. The molecule has 0 unspecified atom stereocenters. The molecule has 6 heteroatoms. The smallest absolute Gasteiger partial charge is 0.119 e. The van der Waals surface area contributed by atoms with Crippen LogP contribution in [-0.2, 0) is 0 Å². The van der Waals surface area contributed by atoms with Crippen LogP contribution >= 0.6 is 0 Å². The second-order valence-electron chi connectivity index (χ2n) is 12.1. The maximum absolute atomic E-state index is 6.09. The van der Waals surface area contributed by atoms with E-state index in [-0.39, 0.29) is 0 Å². The fourth-order valence-corrected chi connectivity index (χ4v) is 5.71. The number of benzene rings is 6. The van der Waals surface area contributed by atoms with E-state index >= 15 is 0 Å². The van der Waals surface area contributed by atoms with Crippen LogP contribution in [-0.4, -0.2) is 27.4 Å². The summed E-state index contributed by atoms with van der Waals surface area (Å²) in [7, 11) is 3.37. The first-order valence-corrected chi connectivity index (χ1v) is 17.0. The van der Waals surface area contributed by atoms with Crippen molar-refractivity contribution >= 4 is 34.1 Å². The Bertz CT molecular complexity index is 1760. The lowest BCUT2D eigenvalue weighted by Gasteiger charge is -2.26. The van der Waals surface area contributed by atoms with Gasteiger partial charge in [0.2, 0.25) is 0 Å². The van der Waals surface area contributed by atoms with Crippen LogP contribution < -0.4 is 28.7 Å². The molecule has 0 aliphatic carbocycles. The summed E-state index contributed by atoms with van der Waals surface area (Å²) in [6, 6.07) is 49.8. The Hall–Kier alpha value is -5.88. The van der Waals surface area contributed by atoms with E-state index in [4.69, 9.17) is 18.9 Å². The van der Waals surface area contributed by atoms with Crippen LogP contribution in [0.4, 0.5) is 34.1 Å². The fourth-order valence-electron chi connectivity index (χ4n) is 5.71. The van der Waals surface area contributed by atoms with Gasteiger partial charge in [0.05, 0.1) is 27.4 Å². The number of unbranched alkanes of at least 4 members (excludes halogenated alkanes) is 1. The Labute approximate surface area is 296 Å². The summed E-state index contributed by atoms with van der Waals surface area (Å²) in [5.74, 6) is 3.35. The lowest BCUT2D eigenvalue weighted by atomic mass is 10.1. The van der Waals surface area contributed by atoms with Crippen LogP contribution in [0.2, 0.25) is 0 Å². The third-order valence-electron chi connectivity index (χ3n) is 8.51. The average Bonchev–Trinajstić information content (AvgIpc) is 3.16. The predicted molar refractivity (Wildman–Crippen MR) is 205 cm³/mol. The van der Waals surface area contributed by atoms with E-state index in [0.29, 0.717) is 13.2 Å². The molecule has 50 heavy (non-hydrogen) atoms. The van der Waals surface area contributed by atoms with Crippen molar-refractivity contribution < 1.29 is 18.9 Å². The first-order valence-electron chi connectivity index (χ1n) is 17.0. The molecule has 0 amide bonds. The molecule has 0 fully saturated rings. The molecular formula is C44H44N2O4. The number of hydrogen-bond donors (Lipinski definition) is 0. The highest BCUT2D eigenvalue weighted by Crippen LogP contribution is 2.37. The third kappa shape index (κ3) is 8.58. The number of nitrogens with zero attached hydrogens (tertiary/aromatic N) is 2. The topological polar surface area (TPSA) is 43.4 Å². The van der Waals surface area contributed by atoms with Crippen LogP contribution in [0.25, 0.3) is 0 Å². The zero-order valence-corrected chi connectivity index (χ0v) is 29.2. The van der Waals surface area contributed by atoms with E-state index in [1.165, 1.54) is 11.1 Å². The van der Waals surface area contributed by atoms with Crippen LogP contribution in [0.3, 0.4) is 0 Å². The molecule has 6 rings (SSSR count). The first-order chi connectivity index (χ1) is 24.5. The maximum atomic E-state index is 6.09. The number of hydrogen-bond acceptors (Lipinski definition) is 6. The summed E-state index contributed by atoms with van der Waals surface area (Å²) in [5, 5.41) is 0. The number of anilines is 6. The van der Waals surface area contributed by atoms with Crippen molar-refractivity contribution in [2.75, 3.05) is 37.2 Å². The Morgan fingerprint density at radius 2 is 0.580 bits per heavy atom. The van der Waals surface area contributed by atoms with E-state index in [9.17, 15) is 0 Å². The van der Waals surface area contributed by atoms with Crippen molar-refractivity contribution in [2.45, 2.75) is 26.7 Å². The van der Waals surface area contributed by atoms with Crippen LogP contribution in [0.1, 0.15) is 24.0 Å². The lowest BCUT2D eigenvalue weighted by molar-refractivity contribution is 0.266. The van der Waals surface area contributed by atoms with Gasteiger partial charge in [0, 0.05) is 34.1 Å². The van der Waals surface area contributed by atoms with E-state index in [1.54, 1.807) is 14.2 Å². The molecule has 6 aromatic carbocycles. The summed E-state index contributed by atoms with van der Waals surface area (Å²) in [6.07, 6.45) is 1.78. The molecule has 0 saturated carbocycles. The fraction of sp³-hybridized carbons (Fsp3) is 0.182. The standard InChI is InChI=1S/C44H44N2O4/c1-33-7-11-35(12-8-33)45(37-15-23-41(47-3)24-16-37)39-19-27-43(28-20-39)49-31-5-6-32-50-44-29-21-40(22-30-44)46(36-13-9-34(2)10-14-36)38-17-25-42(48-4)26-18-38/h7-30H,5-6,31-32H2,1-4H3. The number of aryl methyl sites for hydroxylation is 2. The monoisotopic (exact) mass is 664 g/mol. The molecule has 0 atom stereocenters. The molecule has 0 aliphatic rings. The second kappa shape index (κ2) is 16.5. The van der Waals surface area contributed by atoms with E-state index < -0.39 is 0 Å². The summed E-state index contributed by atoms with van der Waals surface area (Å²) >= 11 is 0. The van der Waals surface area contributed by atoms with Gasteiger partial charge >= 0.3 is 0 Å². The molecule has 0 aliphatic heterocycles. The van der Waals surface area contributed by atoms with Gasteiger partial charge in [-0.15, -0.1) is 0 Å². The Morgan fingerprint density at radius 1 is 0.340 bits per heavy atom. The highest BCUT2D eigenvalue weighted by molar-refractivity contribution is 5.78. The van der Waals surface area contributed by atoms with E-state index in [2.05, 4.69) is 121 Å². The van der Waals surface area contributed by atoms with Crippen molar-refractivity contribution in [1.82, 2.24) is 0 Å². The van der Waals surface area contributed by atoms with Gasteiger partial charge in [-0.2, -0.15) is 0 Å². The lowest BCUT2D eigenvalue weighted by Crippen LogP contribution is -2.10. The number of ether oxygens (including phenoxy) is 4. The van der Waals surface area contributed by atoms with Gasteiger partial charge in [-0.05, 0) is 148 Å². The molecule has 0 saturated heterocycles. The van der Waals surface area contributed by atoms with Crippen molar-refractivity contribution in [1.29, 1.82) is 0 Å². The minimum atomic E-state index is 0.620. The molecule has 0 heterocycles. The van der Waals surface area contributed by atoms with Gasteiger partial charge in [0.1, 0.15) is 23.0 Å². The summed E-state index contributed by atoms with van der Waals surface area (Å²) in [6.45, 7) is 5.44. The van der Waals surface area contributed by atoms with Crippen molar-refractivity contribution in [3.8, 4) is 23.0 Å². The largest absolute Gasteiger partial charge is 0.497 e. The molecule has 6 nitrogen and oxygen atoms in total.